The largest absolute Gasteiger partial charge is 0.309 e. The van der Waals surface area contributed by atoms with Crippen LogP contribution in [0.2, 0.25) is 0 Å². The van der Waals surface area contributed by atoms with Crippen molar-refractivity contribution in [3.63, 3.8) is 0 Å². The van der Waals surface area contributed by atoms with Gasteiger partial charge in [-0.2, -0.15) is 0 Å². The van der Waals surface area contributed by atoms with Crippen molar-refractivity contribution in [3.05, 3.63) is 33.8 Å². The van der Waals surface area contributed by atoms with Crippen molar-refractivity contribution in [2.75, 3.05) is 6.54 Å². The second-order valence-electron chi connectivity index (χ2n) is 5.72. The monoisotopic (exact) mass is 281 g/mol. The second kappa shape index (κ2) is 4.15. The minimum Gasteiger partial charge on any atom is -0.309 e. The first kappa shape index (κ1) is 12.1. The smallest absolute Gasteiger partial charge is 0.0346 e. The highest BCUT2D eigenvalue weighted by Crippen LogP contribution is 2.38. The van der Waals surface area contributed by atoms with Crippen LogP contribution in [0.3, 0.4) is 0 Å². The lowest BCUT2D eigenvalue weighted by molar-refractivity contribution is 0.327. The van der Waals surface area contributed by atoms with Gasteiger partial charge in [0.25, 0.3) is 0 Å². The maximum absolute atomic E-state index is 3.67. The lowest BCUT2D eigenvalue weighted by Crippen LogP contribution is -2.43. The Bertz CT molecular complexity index is 396. The van der Waals surface area contributed by atoms with Gasteiger partial charge in [-0.05, 0) is 29.2 Å². The minimum absolute atomic E-state index is 0.227. The van der Waals surface area contributed by atoms with E-state index in [0.29, 0.717) is 12.0 Å². The number of fused-ring (bicyclic) bond motifs is 1. The zero-order chi connectivity index (χ0) is 11.9. The van der Waals surface area contributed by atoms with Crippen molar-refractivity contribution in [1.29, 1.82) is 0 Å². The molecule has 1 aromatic rings. The third-order valence-corrected chi connectivity index (χ3v) is 4.00. The number of hydrogen-bond acceptors (Lipinski definition) is 1. The fourth-order valence-corrected chi connectivity index (χ4v) is 2.91. The lowest BCUT2D eigenvalue weighted by atomic mass is 9.75. The Kier molecular flexibility index (Phi) is 3.15. The maximum atomic E-state index is 3.67. The molecule has 1 atom stereocenters. The van der Waals surface area contributed by atoms with E-state index in [9.17, 15) is 0 Å². The van der Waals surface area contributed by atoms with Crippen molar-refractivity contribution in [2.24, 2.45) is 5.92 Å². The van der Waals surface area contributed by atoms with Gasteiger partial charge >= 0.3 is 0 Å². The van der Waals surface area contributed by atoms with Crippen LogP contribution >= 0.6 is 15.9 Å². The topological polar surface area (TPSA) is 12.0 Å². The molecule has 2 heteroatoms. The highest BCUT2D eigenvalue weighted by atomic mass is 79.9. The molecule has 1 aromatic carbocycles. The summed E-state index contributed by atoms with van der Waals surface area (Å²) in [6.45, 7) is 10.2. The van der Waals surface area contributed by atoms with Crippen molar-refractivity contribution < 1.29 is 0 Å². The van der Waals surface area contributed by atoms with Crippen LogP contribution in [-0.4, -0.2) is 6.54 Å². The van der Waals surface area contributed by atoms with Crippen LogP contribution in [0.15, 0.2) is 22.7 Å². The highest BCUT2D eigenvalue weighted by molar-refractivity contribution is 9.10. The Morgan fingerprint density at radius 3 is 2.69 bits per heavy atom. The van der Waals surface area contributed by atoms with Gasteiger partial charge in [-0.15, -0.1) is 0 Å². The molecule has 88 valence electrons. The second-order valence-corrected chi connectivity index (χ2v) is 6.63. The van der Waals surface area contributed by atoms with Gasteiger partial charge in [0, 0.05) is 22.5 Å². The van der Waals surface area contributed by atoms with Crippen molar-refractivity contribution in [2.45, 2.75) is 39.2 Å². The lowest BCUT2D eigenvalue weighted by Gasteiger charge is -2.39. The van der Waals surface area contributed by atoms with E-state index < -0.39 is 0 Å². The van der Waals surface area contributed by atoms with Crippen LogP contribution in [-0.2, 0) is 5.41 Å². The molecule has 0 saturated carbocycles. The SMILES string of the molecule is CC(C)C1NCC(C)(C)c2cc(Br)ccc21. The minimum atomic E-state index is 0.227. The molecule has 0 radical (unpaired) electrons. The average molecular weight is 282 g/mol. The molecular formula is C14H20BrN. The van der Waals surface area contributed by atoms with Crippen molar-refractivity contribution in [3.8, 4) is 0 Å². The Morgan fingerprint density at radius 2 is 2.06 bits per heavy atom. The van der Waals surface area contributed by atoms with Gasteiger partial charge in [0.05, 0.1) is 0 Å². The number of hydrogen-bond donors (Lipinski definition) is 1. The van der Waals surface area contributed by atoms with Crippen molar-refractivity contribution >= 4 is 15.9 Å². The van der Waals surface area contributed by atoms with E-state index in [4.69, 9.17) is 0 Å². The first-order valence-corrected chi connectivity index (χ1v) is 6.74. The Balaban J connectivity index is 2.53. The summed E-state index contributed by atoms with van der Waals surface area (Å²) in [4.78, 5) is 0. The van der Waals surface area contributed by atoms with Gasteiger partial charge in [-0.25, -0.2) is 0 Å². The van der Waals surface area contributed by atoms with Crippen LogP contribution in [0, 0.1) is 5.92 Å². The standard InChI is InChI=1S/C14H20BrN/c1-9(2)13-11-6-5-10(15)7-12(11)14(3,4)8-16-13/h5-7,9,13,16H,8H2,1-4H3. The van der Waals surface area contributed by atoms with Crippen LogP contribution in [0.4, 0.5) is 0 Å². The first-order chi connectivity index (χ1) is 7.42. The summed E-state index contributed by atoms with van der Waals surface area (Å²) in [6, 6.07) is 7.19. The molecule has 0 amide bonds. The molecule has 0 fully saturated rings. The zero-order valence-corrected chi connectivity index (χ0v) is 12.1. The van der Waals surface area contributed by atoms with Crippen LogP contribution in [0.5, 0.6) is 0 Å². The van der Waals surface area contributed by atoms with Crippen LogP contribution in [0.25, 0.3) is 0 Å². The predicted octanol–water partition coefficient (Wildman–Crippen LogP) is 4.03. The molecule has 1 aliphatic heterocycles. The van der Waals surface area contributed by atoms with E-state index in [2.05, 4.69) is 67.1 Å². The van der Waals surface area contributed by atoms with E-state index in [1.165, 1.54) is 15.6 Å². The predicted molar refractivity (Wildman–Crippen MR) is 72.7 cm³/mol. The summed E-state index contributed by atoms with van der Waals surface area (Å²) >= 11 is 3.58. The van der Waals surface area contributed by atoms with Crippen LogP contribution < -0.4 is 5.32 Å². The molecule has 0 aliphatic carbocycles. The highest BCUT2D eigenvalue weighted by Gasteiger charge is 2.33. The Hall–Kier alpha value is -0.340. The zero-order valence-electron chi connectivity index (χ0n) is 10.5. The fourth-order valence-electron chi connectivity index (χ4n) is 2.55. The first-order valence-electron chi connectivity index (χ1n) is 5.95. The molecule has 1 nitrogen and oxygen atoms in total. The van der Waals surface area contributed by atoms with E-state index in [1.54, 1.807) is 0 Å². The molecule has 16 heavy (non-hydrogen) atoms. The maximum Gasteiger partial charge on any atom is 0.0346 e. The summed E-state index contributed by atoms with van der Waals surface area (Å²) in [5.74, 6) is 0.635. The number of rotatable bonds is 1. The molecule has 1 heterocycles. The van der Waals surface area contributed by atoms with E-state index in [-0.39, 0.29) is 5.41 Å². The summed E-state index contributed by atoms with van der Waals surface area (Å²) in [7, 11) is 0. The Labute approximate surface area is 107 Å². The van der Waals surface area contributed by atoms with Gasteiger partial charge in [-0.3, -0.25) is 0 Å². The molecule has 0 bridgehead atoms. The van der Waals surface area contributed by atoms with Gasteiger partial charge in [0.15, 0.2) is 0 Å². The number of benzene rings is 1. The van der Waals surface area contributed by atoms with Gasteiger partial charge in [0.2, 0.25) is 0 Å². The summed E-state index contributed by atoms with van der Waals surface area (Å²) in [6.07, 6.45) is 0. The van der Waals surface area contributed by atoms with E-state index >= 15 is 0 Å². The molecule has 0 saturated heterocycles. The van der Waals surface area contributed by atoms with E-state index in [1.807, 2.05) is 0 Å². The molecule has 0 aromatic heterocycles. The van der Waals surface area contributed by atoms with Gasteiger partial charge < -0.3 is 5.32 Å². The third-order valence-electron chi connectivity index (χ3n) is 3.51. The van der Waals surface area contributed by atoms with Crippen LogP contribution in [0.1, 0.15) is 44.9 Å². The number of nitrogens with one attached hydrogen (secondary N) is 1. The normalized spacial score (nSPS) is 23.2. The summed E-state index contributed by atoms with van der Waals surface area (Å²) < 4.78 is 1.18. The average Bonchev–Trinajstić information content (AvgIpc) is 2.18. The molecule has 1 N–H and O–H groups in total. The third kappa shape index (κ3) is 2.05. The summed E-state index contributed by atoms with van der Waals surface area (Å²) in [5.41, 5.74) is 3.18. The molecule has 1 unspecified atom stereocenters. The van der Waals surface area contributed by atoms with Gasteiger partial charge in [-0.1, -0.05) is 49.7 Å². The number of halogens is 1. The Morgan fingerprint density at radius 1 is 1.38 bits per heavy atom. The summed E-state index contributed by atoms with van der Waals surface area (Å²) in [5, 5.41) is 3.67. The van der Waals surface area contributed by atoms with Crippen molar-refractivity contribution in [1.82, 2.24) is 5.32 Å². The molecule has 1 aliphatic rings. The molecule has 2 rings (SSSR count). The molecule has 0 spiro atoms. The quantitative estimate of drug-likeness (QED) is 0.820. The van der Waals surface area contributed by atoms with Gasteiger partial charge in [0.1, 0.15) is 0 Å². The van der Waals surface area contributed by atoms with E-state index in [0.717, 1.165) is 6.54 Å². The fraction of sp³-hybridized carbons (Fsp3) is 0.571. The molecular weight excluding hydrogens is 262 g/mol.